The van der Waals surface area contributed by atoms with Crippen molar-refractivity contribution in [1.29, 1.82) is 0 Å². The van der Waals surface area contributed by atoms with Gasteiger partial charge in [-0.2, -0.15) is 0 Å². The zero-order chi connectivity index (χ0) is 15.3. The lowest BCUT2D eigenvalue weighted by Gasteiger charge is -2.35. The summed E-state index contributed by atoms with van der Waals surface area (Å²) in [4.78, 5) is 24.5. The van der Waals surface area contributed by atoms with E-state index in [1.165, 1.54) is 11.3 Å². The highest BCUT2D eigenvalue weighted by Crippen LogP contribution is 2.31. The number of nitrogens with two attached hydrogens (primary N) is 1. The van der Waals surface area contributed by atoms with E-state index >= 15 is 0 Å². The first kappa shape index (κ1) is 15.9. The molecule has 116 valence electrons. The minimum Gasteiger partial charge on any atom is -0.481 e. The molecule has 0 aliphatic carbocycles. The van der Waals surface area contributed by atoms with E-state index in [9.17, 15) is 9.59 Å². The van der Waals surface area contributed by atoms with Crippen molar-refractivity contribution in [2.45, 2.75) is 25.3 Å². The molecule has 0 bridgehead atoms. The normalized spacial score (nSPS) is 18.9. The van der Waals surface area contributed by atoms with E-state index in [4.69, 9.17) is 15.6 Å². The first-order valence-electron chi connectivity index (χ1n) is 6.91. The zero-order valence-electron chi connectivity index (χ0n) is 11.7. The molecule has 1 aromatic rings. The second-order valence-corrected chi connectivity index (χ2v) is 6.22. The van der Waals surface area contributed by atoms with E-state index in [1.54, 1.807) is 0 Å². The van der Waals surface area contributed by atoms with Crippen molar-refractivity contribution >= 4 is 23.2 Å². The number of aliphatic carboxylic acids is 1. The summed E-state index contributed by atoms with van der Waals surface area (Å²) < 4.78 is 5.29. The van der Waals surface area contributed by atoms with Crippen molar-refractivity contribution in [3.8, 4) is 0 Å². The molecular weight excluding hydrogens is 292 g/mol. The topological polar surface area (TPSA) is 102 Å². The molecule has 6 nitrogen and oxygen atoms in total. The number of carboxylic acids is 1. The largest absolute Gasteiger partial charge is 0.481 e. The molecule has 0 saturated carbocycles. The third-order valence-corrected chi connectivity index (χ3v) is 4.88. The second-order valence-electron chi connectivity index (χ2n) is 5.24. The average molecular weight is 312 g/mol. The Hall–Kier alpha value is -1.44. The molecule has 1 aliphatic heterocycles. The first-order valence-corrected chi connectivity index (χ1v) is 7.79. The Bertz CT molecular complexity index is 483. The van der Waals surface area contributed by atoms with E-state index in [1.807, 2.05) is 17.5 Å². The Balaban J connectivity index is 2.11. The van der Waals surface area contributed by atoms with Crippen LogP contribution in [0.5, 0.6) is 0 Å². The predicted molar refractivity (Wildman–Crippen MR) is 79.0 cm³/mol. The highest BCUT2D eigenvalue weighted by atomic mass is 32.1. The standard InChI is InChI=1S/C14H20N2O4S/c15-9-14(3-5-20-6-4-14)13(19)16-10(8-12(17)18)11-2-1-7-21-11/h1-2,7,10H,3-6,8-9,15H2,(H,16,19)(H,17,18). The van der Waals surface area contributed by atoms with E-state index in [2.05, 4.69) is 5.32 Å². The van der Waals surface area contributed by atoms with Crippen LogP contribution in [0.1, 0.15) is 30.2 Å². The van der Waals surface area contributed by atoms with Gasteiger partial charge in [-0.15, -0.1) is 11.3 Å². The van der Waals surface area contributed by atoms with Crippen LogP contribution in [0.25, 0.3) is 0 Å². The van der Waals surface area contributed by atoms with Gasteiger partial charge in [0.15, 0.2) is 0 Å². The highest BCUT2D eigenvalue weighted by molar-refractivity contribution is 7.10. The fourth-order valence-electron chi connectivity index (χ4n) is 2.48. The summed E-state index contributed by atoms with van der Waals surface area (Å²) in [6, 6.07) is 3.16. The third kappa shape index (κ3) is 3.81. The van der Waals surface area contributed by atoms with Gasteiger partial charge in [-0.1, -0.05) is 6.07 Å². The number of hydrogen-bond donors (Lipinski definition) is 3. The monoisotopic (exact) mass is 312 g/mol. The van der Waals surface area contributed by atoms with Crippen molar-refractivity contribution < 1.29 is 19.4 Å². The average Bonchev–Trinajstić information content (AvgIpc) is 3.01. The Morgan fingerprint density at radius 3 is 2.71 bits per heavy atom. The molecule has 1 atom stereocenters. The second kappa shape index (κ2) is 7.02. The summed E-state index contributed by atoms with van der Waals surface area (Å²) in [6.45, 7) is 1.26. The Morgan fingerprint density at radius 2 is 2.19 bits per heavy atom. The summed E-state index contributed by atoms with van der Waals surface area (Å²) in [5.74, 6) is -1.12. The Labute approximate surface area is 127 Å². The maximum atomic E-state index is 12.6. The molecule has 1 aliphatic rings. The smallest absolute Gasteiger partial charge is 0.305 e. The van der Waals surface area contributed by atoms with Crippen LogP contribution in [0.15, 0.2) is 17.5 Å². The number of hydrogen-bond acceptors (Lipinski definition) is 5. The van der Waals surface area contributed by atoms with Crippen LogP contribution < -0.4 is 11.1 Å². The van der Waals surface area contributed by atoms with Gasteiger partial charge in [0.2, 0.25) is 5.91 Å². The molecule has 0 aromatic carbocycles. The predicted octanol–water partition coefficient (Wildman–Crippen LogP) is 1.14. The number of carboxylic acid groups (broad SMARTS) is 1. The molecule has 1 fully saturated rings. The van der Waals surface area contributed by atoms with Crippen molar-refractivity contribution in [2.75, 3.05) is 19.8 Å². The number of carbonyl (C=O) groups is 2. The summed E-state index contributed by atoms with van der Waals surface area (Å²) >= 11 is 1.43. The highest BCUT2D eigenvalue weighted by Gasteiger charge is 2.40. The van der Waals surface area contributed by atoms with Gasteiger partial charge in [0, 0.05) is 24.6 Å². The quantitative estimate of drug-likeness (QED) is 0.731. The minimum absolute atomic E-state index is 0.136. The van der Waals surface area contributed by atoms with Crippen molar-refractivity contribution in [1.82, 2.24) is 5.32 Å². The summed E-state index contributed by atoms with van der Waals surface area (Å²) in [5, 5.41) is 13.8. The van der Waals surface area contributed by atoms with Crippen molar-refractivity contribution in [3.05, 3.63) is 22.4 Å². The van der Waals surface area contributed by atoms with E-state index < -0.39 is 17.4 Å². The zero-order valence-corrected chi connectivity index (χ0v) is 12.5. The fourth-order valence-corrected chi connectivity index (χ4v) is 3.26. The van der Waals surface area contributed by atoms with Crippen LogP contribution in [0.4, 0.5) is 0 Å². The van der Waals surface area contributed by atoms with E-state index in [0.717, 1.165) is 4.88 Å². The van der Waals surface area contributed by atoms with Crippen LogP contribution in [-0.2, 0) is 14.3 Å². The first-order chi connectivity index (χ1) is 10.1. The Morgan fingerprint density at radius 1 is 1.48 bits per heavy atom. The number of thiophene rings is 1. The van der Waals surface area contributed by atoms with Gasteiger partial charge in [0.05, 0.1) is 17.9 Å². The molecule has 2 heterocycles. The van der Waals surface area contributed by atoms with Crippen LogP contribution in [0.3, 0.4) is 0 Å². The van der Waals surface area contributed by atoms with Crippen LogP contribution in [-0.4, -0.2) is 36.7 Å². The number of amides is 1. The summed E-state index contributed by atoms with van der Waals surface area (Å²) in [6.07, 6.45) is 1.00. The maximum Gasteiger partial charge on any atom is 0.305 e. The molecule has 2 rings (SSSR count). The summed E-state index contributed by atoms with van der Waals surface area (Å²) in [5.41, 5.74) is 5.16. The number of ether oxygens (including phenoxy) is 1. The van der Waals surface area contributed by atoms with Gasteiger partial charge in [-0.3, -0.25) is 9.59 Å². The molecule has 7 heteroatoms. The molecule has 1 amide bonds. The lowest BCUT2D eigenvalue weighted by molar-refractivity contribution is -0.139. The fraction of sp³-hybridized carbons (Fsp3) is 0.571. The summed E-state index contributed by atoms with van der Waals surface area (Å²) in [7, 11) is 0. The van der Waals surface area contributed by atoms with E-state index in [-0.39, 0.29) is 18.9 Å². The SMILES string of the molecule is NCC1(C(=O)NC(CC(=O)O)c2cccs2)CCOCC1. The molecule has 1 aromatic heterocycles. The van der Waals surface area contributed by atoms with Gasteiger partial charge in [0.1, 0.15) is 0 Å². The molecule has 1 saturated heterocycles. The Kier molecular flexibility index (Phi) is 5.33. The minimum atomic E-state index is -0.942. The lowest BCUT2D eigenvalue weighted by Crippen LogP contribution is -2.50. The van der Waals surface area contributed by atoms with Crippen LogP contribution in [0.2, 0.25) is 0 Å². The molecule has 0 radical (unpaired) electrons. The molecular formula is C14H20N2O4S. The van der Waals surface area contributed by atoms with Gasteiger partial charge in [0.25, 0.3) is 0 Å². The third-order valence-electron chi connectivity index (χ3n) is 3.89. The van der Waals surface area contributed by atoms with Gasteiger partial charge in [-0.05, 0) is 24.3 Å². The molecule has 1 unspecified atom stereocenters. The lowest BCUT2D eigenvalue weighted by atomic mass is 9.79. The van der Waals surface area contributed by atoms with E-state index in [0.29, 0.717) is 26.1 Å². The molecule has 21 heavy (non-hydrogen) atoms. The van der Waals surface area contributed by atoms with Crippen LogP contribution in [0, 0.1) is 5.41 Å². The number of carbonyl (C=O) groups excluding carboxylic acids is 1. The number of nitrogens with one attached hydrogen (secondary N) is 1. The molecule has 4 N–H and O–H groups in total. The molecule has 0 spiro atoms. The maximum absolute atomic E-state index is 12.6. The number of rotatable bonds is 6. The van der Waals surface area contributed by atoms with Gasteiger partial charge < -0.3 is 20.9 Å². The van der Waals surface area contributed by atoms with Gasteiger partial charge in [-0.25, -0.2) is 0 Å². The van der Waals surface area contributed by atoms with Crippen molar-refractivity contribution in [3.63, 3.8) is 0 Å². The van der Waals surface area contributed by atoms with Gasteiger partial charge >= 0.3 is 5.97 Å². The van der Waals surface area contributed by atoms with Crippen LogP contribution >= 0.6 is 11.3 Å². The van der Waals surface area contributed by atoms with Crippen molar-refractivity contribution in [2.24, 2.45) is 11.1 Å².